The maximum Gasteiger partial charge on any atom is 0.152 e. The summed E-state index contributed by atoms with van der Waals surface area (Å²) in [5.74, 6) is 1.94. The van der Waals surface area contributed by atoms with Crippen LogP contribution in [0.25, 0.3) is 0 Å². The van der Waals surface area contributed by atoms with Gasteiger partial charge in [0.2, 0.25) is 0 Å². The summed E-state index contributed by atoms with van der Waals surface area (Å²) in [6.45, 7) is 6.81. The van der Waals surface area contributed by atoms with E-state index >= 15 is 0 Å². The molecule has 2 rings (SSSR count). The first-order chi connectivity index (χ1) is 10.3. The average molecular weight is 288 g/mol. The lowest BCUT2D eigenvalue weighted by atomic mass is 10.2. The number of benzene rings is 1. The number of aliphatic hydroxyl groups excluding tert-OH is 1. The lowest BCUT2D eigenvalue weighted by Gasteiger charge is -2.24. The monoisotopic (exact) mass is 288 g/mol. The standard InChI is InChI=1S/C16H24N4O/c1-3-10-20-14(2)17-18-16(20)13-19(11-7-12-21)15-8-5-4-6-9-15/h4-6,8-9,21H,3,7,10-13H2,1-2H3. The quantitative estimate of drug-likeness (QED) is 0.810. The van der Waals surface area contributed by atoms with Crippen molar-refractivity contribution < 1.29 is 5.11 Å². The molecule has 5 nitrogen and oxygen atoms in total. The highest BCUT2D eigenvalue weighted by molar-refractivity contribution is 5.45. The second-order valence-corrected chi connectivity index (χ2v) is 5.15. The molecule has 0 saturated heterocycles. The zero-order chi connectivity index (χ0) is 15.1. The Morgan fingerprint density at radius 3 is 2.62 bits per heavy atom. The number of nitrogens with zero attached hydrogens (tertiary/aromatic N) is 4. The molecule has 0 aliphatic rings. The molecule has 1 aromatic carbocycles. The zero-order valence-electron chi connectivity index (χ0n) is 12.9. The highest BCUT2D eigenvalue weighted by Gasteiger charge is 2.13. The van der Waals surface area contributed by atoms with E-state index in [-0.39, 0.29) is 6.61 Å². The van der Waals surface area contributed by atoms with Crippen molar-refractivity contribution in [3.8, 4) is 0 Å². The molecule has 0 radical (unpaired) electrons. The Morgan fingerprint density at radius 1 is 1.19 bits per heavy atom. The molecule has 1 N–H and O–H groups in total. The summed E-state index contributed by atoms with van der Waals surface area (Å²) in [5.41, 5.74) is 1.15. The van der Waals surface area contributed by atoms with Crippen molar-refractivity contribution in [3.63, 3.8) is 0 Å². The zero-order valence-corrected chi connectivity index (χ0v) is 12.9. The summed E-state index contributed by atoms with van der Waals surface area (Å²) in [5, 5.41) is 17.6. The van der Waals surface area contributed by atoms with E-state index in [0.717, 1.165) is 43.3 Å². The molecule has 0 amide bonds. The summed E-state index contributed by atoms with van der Waals surface area (Å²) in [6, 6.07) is 10.2. The summed E-state index contributed by atoms with van der Waals surface area (Å²) in [6.07, 6.45) is 1.81. The first-order valence-corrected chi connectivity index (χ1v) is 7.55. The molecule has 114 valence electrons. The molecular formula is C16H24N4O. The van der Waals surface area contributed by atoms with E-state index in [1.54, 1.807) is 0 Å². The van der Waals surface area contributed by atoms with Gasteiger partial charge >= 0.3 is 0 Å². The van der Waals surface area contributed by atoms with Gasteiger partial charge in [0.25, 0.3) is 0 Å². The molecule has 0 saturated carbocycles. The van der Waals surface area contributed by atoms with Gasteiger partial charge in [-0.05, 0) is 31.9 Å². The number of hydrogen-bond acceptors (Lipinski definition) is 4. The molecule has 0 bridgehead atoms. The van der Waals surface area contributed by atoms with E-state index in [1.165, 1.54) is 0 Å². The largest absolute Gasteiger partial charge is 0.396 e. The van der Waals surface area contributed by atoms with Crippen LogP contribution in [-0.2, 0) is 13.1 Å². The van der Waals surface area contributed by atoms with Crippen molar-refractivity contribution in [2.75, 3.05) is 18.1 Å². The van der Waals surface area contributed by atoms with E-state index in [4.69, 9.17) is 5.11 Å². The number of aryl methyl sites for hydroxylation is 1. The molecule has 1 heterocycles. The van der Waals surface area contributed by atoms with Gasteiger partial charge in [-0.25, -0.2) is 0 Å². The predicted molar refractivity (Wildman–Crippen MR) is 84.2 cm³/mol. The van der Waals surface area contributed by atoms with E-state index < -0.39 is 0 Å². The van der Waals surface area contributed by atoms with Gasteiger partial charge in [0.05, 0.1) is 6.54 Å². The smallest absolute Gasteiger partial charge is 0.152 e. The van der Waals surface area contributed by atoms with Crippen LogP contribution in [0.3, 0.4) is 0 Å². The lowest BCUT2D eigenvalue weighted by Crippen LogP contribution is -2.26. The minimum Gasteiger partial charge on any atom is -0.396 e. The molecule has 5 heteroatoms. The van der Waals surface area contributed by atoms with Gasteiger partial charge in [-0.1, -0.05) is 25.1 Å². The molecule has 0 fully saturated rings. The van der Waals surface area contributed by atoms with Crippen molar-refractivity contribution in [1.82, 2.24) is 14.8 Å². The highest BCUT2D eigenvalue weighted by Crippen LogP contribution is 2.17. The van der Waals surface area contributed by atoms with Crippen LogP contribution in [0.1, 0.15) is 31.4 Å². The van der Waals surface area contributed by atoms with E-state index in [1.807, 2.05) is 25.1 Å². The number of anilines is 1. The van der Waals surface area contributed by atoms with Gasteiger partial charge < -0.3 is 14.6 Å². The molecule has 21 heavy (non-hydrogen) atoms. The number of aromatic nitrogens is 3. The Bertz CT molecular complexity index is 538. The minimum absolute atomic E-state index is 0.198. The van der Waals surface area contributed by atoms with Crippen LogP contribution in [0.4, 0.5) is 5.69 Å². The first kappa shape index (κ1) is 15.5. The highest BCUT2D eigenvalue weighted by atomic mass is 16.3. The van der Waals surface area contributed by atoms with E-state index in [9.17, 15) is 0 Å². The van der Waals surface area contributed by atoms with Gasteiger partial charge in [-0.15, -0.1) is 10.2 Å². The normalized spacial score (nSPS) is 10.8. The molecule has 0 aliphatic heterocycles. The Morgan fingerprint density at radius 2 is 1.95 bits per heavy atom. The van der Waals surface area contributed by atoms with Gasteiger partial charge in [-0.3, -0.25) is 0 Å². The molecule has 0 spiro atoms. The summed E-state index contributed by atoms with van der Waals surface area (Å²) in [4.78, 5) is 2.24. The second kappa shape index (κ2) is 7.78. The second-order valence-electron chi connectivity index (χ2n) is 5.15. The van der Waals surface area contributed by atoms with E-state index in [0.29, 0.717) is 6.54 Å². The number of para-hydroxylation sites is 1. The van der Waals surface area contributed by atoms with Gasteiger partial charge in [-0.2, -0.15) is 0 Å². The molecule has 0 aliphatic carbocycles. The lowest BCUT2D eigenvalue weighted by molar-refractivity contribution is 0.289. The fourth-order valence-corrected chi connectivity index (χ4v) is 2.43. The minimum atomic E-state index is 0.198. The van der Waals surface area contributed by atoms with Crippen molar-refractivity contribution >= 4 is 5.69 Å². The molecule has 0 atom stereocenters. The maximum atomic E-state index is 9.11. The third-order valence-electron chi connectivity index (χ3n) is 3.50. The van der Waals surface area contributed by atoms with Crippen LogP contribution in [-0.4, -0.2) is 33.0 Å². The molecule has 2 aromatic rings. The first-order valence-electron chi connectivity index (χ1n) is 7.55. The Kier molecular flexibility index (Phi) is 5.75. The fraction of sp³-hybridized carbons (Fsp3) is 0.500. The van der Waals surface area contributed by atoms with Crippen molar-refractivity contribution in [1.29, 1.82) is 0 Å². The number of rotatable bonds is 8. The van der Waals surface area contributed by atoms with Crippen LogP contribution in [0.15, 0.2) is 30.3 Å². The SMILES string of the molecule is CCCn1c(C)nnc1CN(CCCO)c1ccccc1. The summed E-state index contributed by atoms with van der Waals surface area (Å²) >= 11 is 0. The van der Waals surface area contributed by atoms with Crippen LogP contribution < -0.4 is 4.90 Å². The van der Waals surface area contributed by atoms with Crippen LogP contribution in [0.2, 0.25) is 0 Å². The molecule has 0 unspecified atom stereocenters. The third kappa shape index (κ3) is 4.04. The maximum absolute atomic E-state index is 9.11. The fourth-order valence-electron chi connectivity index (χ4n) is 2.43. The predicted octanol–water partition coefficient (Wildman–Crippen LogP) is 2.39. The van der Waals surface area contributed by atoms with Crippen molar-refractivity contribution in [3.05, 3.63) is 42.0 Å². The van der Waals surface area contributed by atoms with Crippen molar-refractivity contribution in [2.24, 2.45) is 0 Å². The molecule has 1 aromatic heterocycles. The van der Waals surface area contributed by atoms with Gasteiger partial charge in [0.15, 0.2) is 5.82 Å². The summed E-state index contributed by atoms with van der Waals surface area (Å²) < 4.78 is 2.18. The number of hydrogen-bond donors (Lipinski definition) is 1. The average Bonchev–Trinajstić information content (AvgIpc) is 2.86. The van der Waals surface area contributed by atoms with Crippen LogP contribution in [0, 0.1) is 6.92 Å². The Balaban J connectivity index is 2.19. The van der Waals surface area contributed by atoms with Crippen LogP contribution in [0.5, 0.6) is 0 Å². The Hall–Kier alpha value is -1.88. The van der Waals surface area contributed by atoms with Gasteiger partial charge in [0.1, 0.15) is 5.82 Å². The summed E-state index contributed by atoms with van der Waals surface area (Å²) in [7, 11) is 0. The van der Waals surface area contributed by atoms with Crippen LogP contribution >= 0.6 is 0 Å². The van der Waals surface area contributed by atoms with E-state index in [2.05, 4.69) is 38.7 Å². The van der Waals surface area contributed by atoms with Gasteiger partial charge in [0, 0.05) is 25.4 Å². The Labute approximate surface area is 126 Å². The molecular weight excluding hydrogens is 264 g/mol. The van der Waals surface area contributed by atoms with Crippen molar-refractivity contribution in [2.45, 2.75) is 39.8 Å². The number of aliphatic hydroxyl groups is 1. The topological polar surface area (TPSA) is 54.2 Å². The third-order valence-corrected chi connectivity index (χ3v) is 3.50.